The number of ether oxygens (including phenoxy) is 1. The molecule has 1 aliphatic carbocycles. The highest BCUT2D eigenvalue weighted by Crippen LogP contribution is 2.42. The zero-order valence-electron chi connectivity index (χ0n) is 11.9. The van der Waals surface area contributed by atoms with E-state index >= 15 is 0 Å². The molecule has 2 fully saturated rings. The van der Waals surface area contributed by atoms with Gasteiger partial charge in [-0.1, -0.05) is 12.8 Å². The highest BCUT2D eigenvalue weighted by Gasteiger charge is 2.43. The summed E-state index contributed by atoms with van der Waals surface area (Å²) < 4.78 is 5.34. The summed E-state index contributed by atoms with van der Waals surface area (Å²) in [4.78, 5) is 10.5. The van der Waals surface area contributed by atoms with E-state index in [-0.39, 0.29) is 0 Å². The minimum Gasteiger partial charge on any atom is -0.490 e. The third-order valence-corrected chi connectivity index (χ3v) is 4.74. The summed E-state index contributed by atoms with van der Waals surface area (Å²) >= 11 is 0. The molecule has 1 aromatic heterocycles. The van der Waals surface area contributed by atoms with Gasteiger partial charge in [0.05, 0.1) is 12.7 Å². The number of hydrogen-bond acceptors (Lipinski definition) is 6. The molecule has 2 heterocycles. The van der Waals surface area contributed by atoms with E-state index in [1.165, 1.54) is 12.7 Å². The first-order valence-electron chi connectivity index (χ1n) is 7.26. The molecule has 1 saturated heterocycles. The van der Waals surface area contributed by atoms with Crippen molar-refractivity contribution in [2.45, 2.75) is 37.7 Å². The van der Waals surface area contributed by atoms with Crippen molar-refractivity contribution < 1.29 is 9.84 Å². The van der Waals surface area contributed by atoms with Gasteiger partial charge < -0.3 is 20.5 Å². The number of nitrogens with zero attached hydrogens (tertiary/aromatic N) is 3. The Hall–Kier alpha value is -1.56. The van der Waals surface area contributed by atoms with Crippen molar-refractivity contribution in [2.75, 3.05) is 30.8 Å². The summed E-state index contributed by atoms with van der Waals surface area (Å²) in [5.41, 5.74) is 5.36. The Morgan fingerprint density at radius 2 is 2.25 bits per heavy atom. The van der Waals surface area contributed by atoms with Gasteiger partial charge in [0.2, 0.25) is 5.75 Å². The number of rotatable bonds is 2. The van der Waals surface area contributed by atoms with Crippen LogP contribution >= 0.6 is 0 Å². The maximum Gasteiger partial charge on any atom is 0.204 e. The molecule has 0 aromatic carbocycles. The number of aliphatic hydroxyl groups is 1. The first-order valence-corrected chi connectivity index (χ1v) is 7.26. The minimum absolute atomic E-state index is 0.311. The van der Waals surface area contributed by atoms with Crippen molar-refractivity contribution in [3.05, 3.63) is 6.33 Å². The van der Waals surface area contributed by atoms with Gasteiger partial charge in [-0.15, -0.1) is 0 Å². The van der Waals surface area contributed by atoms with E-state index in [9.17, 15) is 5.11 Å². The predicted molar refractivity (Wildman–Crippen MR) is 76.7 cm³/mol. The molecule has 0 bridgehead atoms. The summed E-state index contributed by atoms with van der Waals surface area (Å²) in [6.45, 7) is 1.59. The highest BCUT2D eigenvalue weighted by atomic mass is 16.5. The van der Waals surface area contributed by atoms with Crippen LogP contribution in [0.25, 0.3) is 0 Å². The first-order chi connectivity index (χ1) is 9.64. The summed E-state index contributed by atoms with van der Waals surface area (Å²) in [6, 6.07) is 0. The largest absolute Gasteiger partial charge is 0.490 e. The fraction of sp³-hybridized carbons (Fsp3) is 0.714. The average molecular weight is 278 g/mol. The molecule has 1 saturated carbocycles. The lowest BCUT2D eigenvalue weighted by molar-refractivity contribution is -0.0614. The third-order valence-electron chi connectivity index (χ3n) is 4.74. The zero-order chi connectivity index (χ0) is 14.2. The Labute approximate surface area is 119 Å². The molecular weight excluding hydrogens is 256 g/mol. The predicted octanol–water partition coefficient (Wildman–Crippen LogP) is 1.20. The van der Waals surface area contributed by atoms with Crippen LogP contribution in [-0.2, 0) is 0 Å². The molecule has 2 atom stereocenters. The van der Waals surface area contributed by atoms with Crippen LogP contribution in [0.5, 0.6) is 5.75 Å². The van der Waals surface area contributed by atoms with Crippen LogP contribution in [0.15, 0.2) is 6.33 Å². The van der Waals surface area contributed by atoms with Crippen molar-refractivity contribution in [1.82, 2.24) is 9.97 Å². The van der Waals surface area contributed by atoms with E-state index < -0.39 is 5.60 Å². The van der Waals surface area contributed by atoms with Gasteiger partial charge in [0.1, 0.15) is 6.33 Å². The number of aromatic nitrogens is 2. The molecule has 3 N–H and O–H groups in total. The normalized spacial score (nSPS) is 29.9. The van der Waals surface area contributed by atoms with E-state index in [4.69, 9.17) is 10.5 Å². The van der Waals surface area contributed by atoms with Crippen LogP contribution < -0.4 is 15.4 Å². The SMILES string of the molecule is COc1c(N)ncnc1N1CCC2(O)CCCCC2C1. The lowest BCUT2D eigenvalue weighted by atomic mass is 9.71. The molecule has 20 heavy (non-hydrogen) atoms. The van der Waals surface area contributed by atoms with Crippen molar-refractivity contribution >= 4 is 11.6 Å². The van der Waals surface area contributed by atoms with Gasteiger partial charge >= 0.3 is 0 Å². The molecular formula is C14H22N4O2. The van der Waals surface area contributed by atoms with Crippen LogP contribution in [0.2, 0.25) is 0 Å². The second-order valence-corrected chi connectivity index (χ2v) is 5.86. The maximum absolute atomic E-state index is 10.7. The summed E-state index contributed by atoms with van der Waals surface area (Å²) in [5, 5.41) is 10.7. The van der Waals surface area contributed by atoms with Crippen LogP contribution in [0, 0.1) is 5.92 Å². The lowest BCUT2D eigenvalue weighted by Gasteiger charge is -2.47. The molecule has 1 aromatic rings. The maximum atomic E-state index is 10.7. The van der Waals surface area contributed by atoms with E-state index in [0.717, 1.165) is 44.6 Å². The van der Waals surface area contributed by atoms with Crippen molar-refractivity contribution in [2.24, 2.45) is 5.92 Å². The average Bonchev–Trinajstić information content (AvgIpc) is 2.46. The van der Waals surface area contributed by atoms with Gasteiger partial charge in [-0.25, -0.2) is 9.97 Å². The molecule has 0 amide bonds. The first kappa shape index (κ1) is 13.4. The van der Waals surface area contributed by atoms with Crippen molar-refractivity contribution in [3.8, 4) is 5.75 Å². The summed E-state index contributed by atoms with van der Waals surface area (Å²) in [7, 11) is 1.58. The highest BCUT2D eigenvalue weighted by molar-refractivity contribution is 5.63. The Bertz CT molecular complexity index is 496. The van der Waals surface area contributed by atoms with E-state index in [0.29, 0.717) is 17.5 Å². The van der Waals surface area contributed by atoms with E-state index in [1.807, 2.05) is 0 Å². The fourth-order valence-electron chi connectivity index (χ4n) is 3.56. The topological polar surface area (TPSA) is 84.5 Å². The summed E-state index contributed by atoms with van der Waals surface area (Å²) in [6.07, 6.45) is 6.59. The molecule has 6 nitrogen and oxygen atoms in total. The van der Waals surface area contributed by atoms with Gasteiger partial charge in [0.15, 0.2) is 11.6 Å². The van der Waals surface area contributed by atoms with Gasteiger partial charge in [0, 0.05) is 19.0 Å². The van der Waals surface area contributed by atoms with Crippen LogP contribution in [0.3, 0.4) is 0 Å². The number of anilines is 2. The van der Waals surface area contributed by atoms with Crippen LogP contribution in [0.4, 0.5) is 11.6 Å². The number of methoxy groups -OCH3 is 1. The van der Waals surface area contributed by atoms with Crippen molar-refractivity contribution in [1.29, 1.82) is 0 Å². The monoisotopic (exact) mass is 278 g/mol. The Morgan fingerprint density at radius 3 is 3.05 bits per heavy atom. The molecule has 6 heteroatoms. The van der Waals surface area contributed by atoms with Gasteiger partial charge in [-0.05, 0) is 19.3 Å². The number of nitrogens with two attached hydrogens (primary N) is 1. The van der Waals surface area contributed by atoms with E-state index in [1.54, 1.807) is 7.11 Å². The molecule has 2 aliphatic rings. The Kier molecular flexibility index (Phi) is 3.41. The Balaban J connectivity index is 1.84. The minimum atomic E-state index is -0.486. The second-order valence-electron chi connectivity index (χ2n) is 5.86. The third kappa shape index (κ3) is 2.18. The van der Waals surface area contributed by atoms with Crippen LogP contribution in [0.1, 0.15) is 32.1 Å². The van der Waals surface area contributed by atoms with E-state index in [2.05, 4.69) is 14.9 Å². The number of fused-ring (bicyclic) bond motifs is 1. The Morgan fingerprint density at radius 1 is 1.40 bits per heavy atom. The smallest absolute Gasteiger partial charge is 0.204 e. The zero-order valence-corrected chi connectivity index (χ0v) is 11.9. The molecule has 3 rings (SSSR count). The molecule has 0 radical (unpaired) electrons. The number of hydrogen-bond donors (Lipinski definition) is 2. The number of nitrogen functional groups attached to an aromatic ring is 1. The number of piperidine rings is 1. The van der Waals surface area contributed by atoms with Crippen molar-refractivity contribution in [3.63, 3.8) is 0 Å². The molecule has 1 aliphatic heterocycles. The van der Waals surface area contributed by atoms with Gasteiger partial charge in [-0.3, -0.25) is 0 Å². The molecule has 0 spiro atoms. The molecule has 2 unspecified atom stereocenters. The molecule has 110 valence electrons. The standard InChI is InChI=1S/C14H22N4O2/c1-20-11-12(15)16-9-17-13(11)18-7-6-14(19)5-3-2-4-10(14)8-18/h9-10,19H,2-8H2,1H3,(H2,15,16,17). The second kappa shape index (κ2) is 5.09. The lowest BCUT2D eigenvalue weighted by Crippen LogP contribution is -2.53. The van der Waals surface area contributed by atoms with Gasteiger partial charge in [0.25, 0.3) is 0 Å². The van der Waals surface area contributed by atoms with Crippen LogP contribution in [-0.4, -0.2) is 40.9 Å². The van der Waals surface area contributed by atoms with Gasteiger partial charge in [-0.2, -0.15) is 0 Å². The summed E-state index contributed by atoms with van der Waals surface area (Å²) in [5.74, 6) is 1.95. The quantitative estimate of drug-likeness (QED) is 0.845. The fourth-order valence-corrected chi connectivity index (χ4v) is 3.56.